The van der Waals surface area contributed by atoms with Crippen molar-refractivity contribution in [3.05, 3.63) is 0 Å². The van der Waals surface area contributed by atoms with Gasteiger partial charge in [0.2, 0.25) is 0 Å². The first-order chi connectivity index (χ1) is 4.22. The molecule has 0 bridgehead atoms. The molecule has 0 aromatic carbocycles. The minimum Gasteiger partial charge on any atom is -0.394 e. The second-order valence-electron chi connectivity index (χ2n) is 1.82. The second kappa shape index (κ2) is 4.43. The maximum absolute atomic E-state index is 9.76. The van der Waals surface area contributed by atoms with Crippen molar-refractivity contribution in [2.75, 3.05) is 6.61 Å². The number of hydrogen-bond donors (Lipinski definition) is 3. The predicted octanol–water partition coefficient (Wildman–Crippen LogP) is -1.74. The molecule has 0 spiro atoms. The number of rotatable bonds is 4. The van der Waals surface area contributed by atoms with Gasteiger partial charge in [0.15, 0.2) is 0 Å². The molecule has 2 atom stereocenters. The smallest absolute Gasteiger partial charge is 0.121 e. The SMILES string of the molecule is N[C@@H](CC=O)[C@H](O)CO. The topological polar surface area (TPSA) is 83.6 Å². The van der Waals surface area contributed by atoms with Crippen LogP contribution in [-0.2, 0) is 4.79 Å². The van der Waals surface area contributed by atoms with Gasteiger partial charge in [0, 0.05) is 12.5 Å². The Hall–Kier alpha value is -0.450. The number of carbonyl (C=O) groups excluding carboxylic acids is 1. The van der Waals surface area contributed by atoms with Crippen molar-refractivity contribution >= 4 is 6.29 Å². The molecule has 4 N–H and O–H groups in total. The molecule has 4 heteroatoms. The molecule has 0 aliphatic rings. The fourth-order valence-corrected chi connectivity index (χ4v) is 0.404. The minimum atomic E-state index is -0.977. The number of aliphatic hydroxyl groups excluding tert-OH is 2. The van der Waals surface area contributed by atoms with Crippen LogP contribution >= 0.6 is 0 Å². The lowest BCUT2D eigenvalue weighted by molar-refractivity contribution is -0.108. The van der Waals surface area contributed by atoms with Crippen LogP contribution in [0.5, 0.6) is 0 Å². The zero-order chi connectivity index (χ0) is 7.28. The molecule has 0 amide bonds. The van der Waals surface area contributed by atoms with Crippen LogP contribution in [0.1, 0.15) is 6.42 Å². The summed E-state index contributed by atoms with van der Waals surface area (Å²) in [5, 5.41) is 17.0. The highest BCUT2D eigenvalue weighted by atomic mass is 16.3. The normalized spacial score (nSPS) is 16.8. The lowest BCUT2D eigenvalue weighted by Gasteiger charge is -2.12. The maximum atomic E-state index is 9.76. The Morgan fingerprint density at radius 2 is 2.22 bits per heavy atom. The zero-order valence-corrected chi connectivity index (χ0v) is 5.03. The number of hydrogen-bond acceptors (Lipinski definition) is 4. The summed E-state index contributed by atoms with van der Waals surface area (Å²) in [6, 6.07) is -0.632. The van der Waals surface area contributed by atoms with Crippen LogP contribution in [0.15, 0.2) is 0 Å². The summed E-state index contributed by atoms with van der Waals surface area (Å²) < 4.78 is 0. The third-order valence-electron chi connectivity index (χ3n) is 1.05. The Balaban J connectivity index is 3.44. The molecule has 9 heavy (non-hydrogen) atoms. The van der Waals surface area contributed by atoms with Crippen molar-refractivity contribution in [2.24, 2.45) is 5.73 Å². The molecule has 0 aliphatic heterocycles. The van der Waals surface area contributed by atoms with Crippen molar-refractivity contribution in [3.63, 3.8) is 0 Å². The van der Waals surface area contributed by atoms with Crippen LogP contribution in [0.4, 0.5) is 0 Å². The summed E-state index contributed by atoms with van der Waals surface area (Å²) >= 11 is 0. The van der Waals surface area contributed by atoms with Gasteiger partial charge in [0.25, 0.3) is 0 Å². The first kappa shape index (κ1) is 8.55. The monoisotopic (exact) mass is 133 g/mol. The number of carbonyl (C=O) groups is 1. The van der Waals surface area contributed by atoms with Gasteiger partial charge < -0.3 is 20.7 Å². The summed E-state index contributed by atoms with van der Waals surface area (Å²) in [6.07, 6.45) is -0.277. The fraction of sp³-hybridized carbons (Fsp3) is 0.800. The molecule has 0 unspecified atom stereocenters. The minimum absolute atomic E-state index is 0.0850. The molecule has 0 saturated carbocycles. The quantitative estimate of drug-likeness (QED) is 0.397. The third-order valence-corrected chi connectivity index (χ3v) is 1.05. The molecule has 0 aromatic heterocycles. The van der Waals surface area contributed by atoms with Crippen LogP contribution < -0.4 is 5.73 Å². The van der Waals surface area contributed by atoms with Crippen molar-refractivity contribution in [3.8, 4) is 0 Å². The number of nitrogens with two attached hydrogens (primary N) is 1. The Kier molecular flexibility index (Phi) is 4.21. The molecular weight excluding hydrogens is 122 g/mol. The Morgan fingerprint density at radius 3 is 2.56 bits per heavy atom. The van der Waals surface area contributed by atoms with E-state index in [0.717, 1.165) is 0 Å². The molecule has 0 heterocycles. The van der Waals surface area contributed by atoms with E-state index in [1.165, 1.54) is 0 Å². The van der Waals surface area contributed by atoms with E-state index in [-0.39, 0.29) is 6.42 Å². The molecule has 4 nitrogen and oxygen atoms in total. The van der Waals surface area contributed by atoms with Crippen molar-refractivity contribution in [1.82, 2.24) is 0 Å². The van der Waals surface area contributed by atoms with E-state index in [2.05, 4.69) is 0 Å². The number of aldehydes is 1. The largest absolute Gasteiger partial charge is 0.394 e. The predicted molar refractivity (Wildman–Crippen MR) is 31.7 cm³/mol. The van der Waals surface area contributed by atoms with Gasteiger partial charge in [-0.25, -0.2) is 0 Å². The van der Waals surface area contributed by atoms with E-state index in [9.17, 15) is 4.79 Å². The number of aliphatic hydroxyl groups is 2. The van der Waals surface area contributed by atoms with E-state index < -0.39 is 18.8 Å². The molecule has 0 rings (SSSR count). The third kappa shape index (κ3) is 3.18. The van der Waals surface area contributed by atoms with Crippen LogP contribution in [0, 0.1) is 0 Å². The lowest BCUT2D eigenvalue weighted by Crippen LogP contribution is -2.37. The summed E-state index contributed by atoms with van der Waals surface area (Å²) in [5.41, 5.74) is 5.20. The van der Waals surface area contributed by atoms with Crippen LogP contribution in [0.2, 0.25) is 0 Å². The highest BCUT2D eigenvalue weighted by molar-refractivity contribution is 5.50. The van der Waals surface area contributed by atoms with Gasteiger partial charge in [-0.05, 0) is 0 Å². The van der Waals surface area contributed by atoms with Gasteiger partial charge in [-0.2, -0.15) is 0 Å². The van der Waals surface area contributed by atoms with Gasteiger partial charge in [-0.1, -0.05) is 0 Å². The summed E-state index contributed by atoms with van der Waals surface area (Å²) in [5.74, 6) is 0. The average Bonchev–Trinajstić information content (AvgIpc) is 1.87. The fourth-order valence-electron chi connectivity index (χ4n) is 0.404. The lowest BCUT2D eigenvalue weighted by atomic mass is 10.1. The van der Waals surface area contributed by atoms with E-state index >= 15 is 0 Å². The molecule has 0 fully saturated rings. The zero-order valence-electron chi connectivity index (χ0n) is 5.03. The average molecular weight is 133 g/mol. The Bertz CT molecular complexity index is 86.3. The van der Waals surface area contributed by atoms with Crippen molar-refractivity contribution < 1.29 is 15.0 Å². The van der Waals surface area contributed by atoms with Gasteiger partial charge >= 0.3 is 0 Å². The van der Waals surface area contributed by atoms with Gasteiger partial charge in [0.05, 0.1) is 12.7 Å². The maximum Gasteiger partial charge on any atom is 0.121 e. The second-order valence-corrected chi connectivity index (χ2v) is 1.82. The van der Waals surface area contributed by atoms with E-state index in [4.69, 9.17) is 15.9 Å². The highest BCUT2D eigenvalue weighted by Gasteiger charge is 2.11. The highest BCUT2D eigenvalue weighted by Crippen LogP contribution is 1.91. The van der Waals surface area contributed by atoms with Gasteiger partial charge in [-0.3, -0.25) is 0 Å². The first-order valence-electron chi connectivity index (χ1n) is 2.70. The summed E-state index contributed by atoms with van der Waals surface area (Å²) in [6.45, 7) is -0.394. The van der Waals surface area contributed by atoms with Gasteiger partial charge in [-0.15, -0.1) is 0 Å². The van der Waals surface area contributed by atoms with Crippen molar-refractivity contribution in [1.29, 1.82) is 0 Å². The molecule has 0 aliphatic carbocycles. The van der Waals surface area contributed by atoms with E-state index in [1.807, 2.05) is 0 Å². The van der Waals surface area contributed by atoms with Crippen LogP contribution in [-0.4, -0.2) is 35.3 Å². The molecule has 0 radical (unpaired) electrons. The summed E-state index contributed by atoms with van der Waals surface area (Å²) in [4.78, 5) is 9.76. The Labute approximate surface area is 53.3 Å². The molecule has 0 saturated heterocycles. The summed E-state index contributed by atoms with van der Waals surface area (Å²) in [7, 11) is 0. The van der Waals surface area contributed by atoms with E-state index in [1.54, 1.807) is 0 Å². The Morgan fingerprint density at radius 1 is 1.67 bits per heavy atom. The standard InChI is InChI=1S/C5H11NO3/c6-4(1-2-7)5(9)3-8/h2,4-5,8-9H,1,3,6H2/t4-,5+/m0/s1. The van der Waals surface area contributed by atoms with Crippen molar-refractivity contribution in [2.45, 2.75) is 18.6 Å². The molecule has 0 aromatic rings. The molecule has 54 valence electrons. The first-order valence-corrected chi connectivity index (χ1v) is 2.70. The molecular formula is C5H11NO3. The van der Waals surface area contributed by atoms with E-state index in [0.29, 0.717) is 6.29 Å². The van der Waals surface area contributed by atoms with Gasteiger partial charge in [0.1, 0.15) is 6.29 Å². The van der Waals surface area contributed by atoms with Crippen LogP contribution in [0.25, 0.3) is 0 Å². The van der Waals surface area contributed by atoms with Crippen LogP contribution in [0.3, 0.4) is 0 Å².